The summed E-state index contributed by atoms with van der Waals surface area (Å²) in [5.74, 6) is 2.18. The molecule has 13 atom stereocenters. The van der Waals surface area contributed by atoms with Crippen LogP contribution >= 0.6 is 11.8 Å². The zero-order valence-corrected chi connectivity index (χ0v) is 27.1. The summed E-state index contributed by atoms with van der Waals surface area (Å²) in [4.78, 5) is 14.0. The minimum atomic E-state index is -0.424. The van der Waals surface area contributed by atoms with Gasteiger partial charge >= 0.3 is 0 Å². The lowest BCUT2D eigenvalue weighted by atomic mass is 9.41. The van der Waals surface area contributed by atoms with Crippen molar-refractivity contribution < 1.29 is 19.4 Å². The summed E-state index contributed by atoms with van der Waals surface area (Å²) in [7, 11) is 0. The highest BCUT2D eigenvalue weighted by atomic mass is 32.2. The van der Waals surface area contributed by atoms with E-state index in [1.165, 1.54) is 10.5 Å². The van der Waals surface area contributed by atoms with Gasteiger partial charge in [0, 0.05) is 16.2 Å². The predicted molar refractivity (Wildman–Crippen MR) is 166 cm³/mol. The molecule has 1 saturated heterocycles. The van der Waals surface area contributed by atoms with Crippen LogP contribution in [-0.4, -0.2) is 40.7 Å². The molecule has 5 heteroatoms. The summed E-state index contributed by atoms with van der Waals surface area (Å²) < 4.78 is 13.5. The zero-order valence-electron chi connectivity index (χ0n) is 26.3. The van der Waals surface area contributed by atoms with Gasteiger partial charge in [0.05, 0.1) is 23.6 Å². The third kappa shape index (κ3) is 4.62. The van der Waals surface area contributed by atoms with E-state index >= 15 is 0 Å². The molecule has 226 valence electrons. The van der Waals surface area contributed by atoms with Crippen molar-refractivity contribution >= 4 is 17.5 Å². The summed E-state index contributed by atoms with van der Waals surface area (Å²) >= 11 is 1.91. The van der Waals surface area contributed by atoms with Crippen molar-refractivity contribution in [3.05, 3.63) is 42.0 Å². The molecule has 8 unspecified atom stereocenters. The molecule has 4 aliphatic carbocycles. The first-order valence-electron chi connectivity index (χ1n) is 16.3. The predicted octanol–water partition coefficient (Wildman–Crippen LogP) is 8.08. The molecule has 5 aliphatic rings. The molecule has 6 rings (SSSR count). The number of Topliss-reactive ketones (excluding diaryl/α,β-unsaturated/α-hetero) is 1. The number of benzene rings is 1. The van der Waals surface area contributed by atoms with Gasteiger partial charge in [-0.2, -0.15) is 0 Å². The Morgan fingerprint density at radius 3 is 2.46 bits per heavy atom. The number of allylic oxidation sites excluding steroid dienone is 1. The number of hydrogen-bond donors (Lipinski definition) is 1. The van der Waals surface area contributed by atoms with Gasteiger partial charge in [-0.15, -0.1) is 11.8 Å². The van der Waals surface area contributed by atoms with Gasteiger partial charge in [0.2, 0.25) is 0 Å². The topological polar surface area (TPSA) is 55.8 Å². The molecule has 1 heterocycles. The van der Waals surface area contributed by atoms with Gasteiger partial charge in [0.25, 0.3) is 0 Å². The van der Waals surface area contributed by atoms with Crippen LogP contribution in [0.15, 0.2) is 46.9 Å². The van der Waals surface area contributed by atoms with E-state index in [-0.39, 0.29) is 51.7 Å². The van der Waals surface area contributed by atoms with Gasteiger partial charge in [-0.3, -0.25) is 4.79 Å². The van der Waals surface area contributed by atoms with E-state index in [2.05, 4.69) is 78.0 Å². The molecule has 41 heavy (non-hydrogen) atoms. The molecular formula is C36H52O4S. The maximum absolute atomic E-state index is 12.7. The standard InChI is InChI=1S/C36H52O4S/c1-21-22(2)32(41-27-11-9-8-10-12-27)33(39-24(21)4)40-26-15-17-34(5)25(19-26)13-14-29-30(34)20-31(38)36(7)28(23(3)37)16-18-35(29,36)6/h8-13,21-22,24,26,28-33,38H,14-20H2,1-7H3/t21-,22?,24?,26?,28?,29?,30?,31-,32?,33?,34+,35-,36+/m1/s1. The lowest BCUT2D eigenvalue weighted by Crippen LogP contribution is -2.61. The Bertz CT molecular complexity index is 1170. The van der Waals surface area contributed by atoms with Crippen molar-refractivity contribution in [3.8, 4) is 0 Å². The number of rotatable bonds is 5. The van der Waals surface area contributed by atoms with E-state index in [1.54, 1.807) is 6.92 Å². The summed E-state index contributed by atoms with van der Waals surface area (Å²) in [6.45, 7) is 15.7. The SMILES string of the molecule is CC(=O)C1CC[C@]2(C)C3CC=C4CC(OC5OC(C)[C@H](C)C(C)C5Sc5ccccc5)CC[C@]4(C)C3C[C@@H](O)[C@]12C. The molecule has 0 aromatic heterocycles. The molecule has 0 radical (unpaired) electrons. The summed E-state index contributed by atoms with van der Waals surface area (Å²) in [6.07, 6.45) is 9.16. The quantitative estimate of drug-likeness (QED) is 0.357. The molecule has 0 bridgehead atoms. The Labute approximate surface area is 252 Å². The van der Waals surface area contributed by atoms with E-state index in [1.807, 2.05) is 11.8 Å². The number of ketones is 1. The zero-order chi connectivity index (χ0) is 29.3. The summed E-state index contributed by atoms with van der Waals surface area (Å²) in [5.41, 5.74) is 1.29. The van der Waals surface area contributed by atoms with Gasteiger partial charge in [-0.05, 0) is 105 Å². The van der Waals surface area contributed by atoms with E-state index in [9.17, 15) is 9.90 Å². The second-order valence-corrected chi connectivity index (χ2v) is 16.3. The van der Waals surface area contributed by atoms with E-state index < -0.39 is 6.10 Å². The Hall–Kier alpha value is -1.14. The first-order chi connectivity index (χ1) is 19.4. The van der Waals surface area contributed by atoms with Crippen molar-refractivity contribution in [3.63, 3.8) is 0 Å². The van der Waals surface area contributed by atoms with Crippen LogP contribution in [0, 0.1) is 45.8 Å². The highest BCUT2D eigenvalue weighted by molar-refractivity contribution is 8.00. The van der Waals surface area contributed by atoms with Crippen molar-refractivity contribution in [1.82, 2.24) is 0 Å². The Kier molecular flexibility index (Phi) is 7.87. The fourth-order valence-corrected chi connectivity index (χ4v) is 11.6. The van der Waals surface area contributed by atoms with Crippen LogP contribution in [0.25, 0.3) is 0 Å². The highest BCUT2D eigenvalue weighted by Gasteiger charge is 2.68. The van der Waals surface area contributed by atoms with Crippen LogP contribution < -0.4 is 0 Å². The molecule has 0 amide bonds. The lowest BCUT2D eigenvalue weighted by Gasteiger charge is -2.64. The molecule has 1 aliphatic heterocycles. The second kappa shape index (κ2) is 10.8. The number of hydrogen-bond acceptors (Lipinski definition) is 5. The molecular weight excluding hydrogens is 528 g/mol. The number of fused-ring (bicyclic) bond motifs is 5. The molecule has 1 aromatic rings. The van der Waals surface area contributed by atoms with Gasteiger partial charge in [-0.1, -0.05) is 64.5 Å². The molecule has 4 nitrogen and oxygen atoms in total. The number of aliphatic hydroxyl groups is 1. The molecule has 3 saturated carbocycles. The average Bonchev–Trinajstić information content (AvgIpc) is 3.23. The molecule has 1 aromatic carbocycles. The number of ether oxygens (including phenoxy) is 2. The van der Waals surface area contributed by atoms with Crippen molar-refractivity contribution in [2.24, 2.45) is 45.8 Å². The van der Waals surface area contributed by atoms with E-state index in [0.29, 0.717) is 23.7 Å². The number of carbonyl (C=O) groups excluding carboxylic acids is 1. The fraction of sp³-hybridized carbons (Fsp3) is 0.750. The first kappa shape index (κ1) is 29.9. The molecule has 0 spiro atoms. The number of aliphatic hydroxyl groups excluding tert-OH is 1. The van der Waals surface area contributed by atoms with Crippen LogP contribution in [0.1, 0.15) is 93.4 Å². The summed E-state index contributed by atoms with van der Waals surface area (Å²) in [6, 6.07) is 10.7. The fourth-order valence-electron chi connectivity index (χ4n) is 10.3. The van der Waals surface area contributed by atoms with E-state index in [0.717, 1.165) is 44.9 Å². The number of carbonyl (C=O) groups is 1. The summed E-state index contributed by atoms with van der Waals surface area (Å²) in [5, 5.41) is 12.0. The van der Waals surface area contributed by atoms with Crippen LogP contribution in [0.2, 0.25) is 0 Å². The first-order valence-corrected chi connectivity index (χ1v) is 17.2. The van der Waals surface area contributed by atoms with Gasteiger partial charge in [0.1, 0.15) is 5.78 Å². The van der Waals surface area contributed by atoms with Gasteiger partial charge < -0.3 is 14.6 Å². The van der Waals surface area contributed by atoms with Crippen LogP contribution in [0.5, 0.6) is 0 Å². The van der Waals surface area contributed by atoms with Crippen molar-refractivity contribution in [2.75, 3.05) is 0 Å². The van der Waals surface area contributed by atoms with Crippen molar-refractivity contribution in [2.45, 2.75) is 128 Å². The van der Waals surface area contributed by atoms with E-state index in [4.69, 9.17) is 9.47 Å². The molecule has 4 fully saturated rings. The maximum Gasteiger partial charge on any atom is 0.170 e. The van der Waals surface area contributed by atoms with Crippen LogP contribution in [-0.2, 0) is 14.3 Å². The average molecular weight is 581 g/mol. The Balaban J connectivity index is 1.21. The van der Waals surface area contributed by atoms with Crippen LogP contribution in [0.3, 0.4) is 0 Å². The third-order valence-electron chi connectivity index (χ3n) is 13.5. The minimum Gasteiger partial charge on any atom is -0.393 e. The number of thioether (sulfide) groups is 1. The maximum atomic E-state index is 12.7. The highest BCUT2D eigenvalue weighted by Crippen LogP contribution is 2.71. The third-order valence-corrected chi connectivity index (χ3v) is 15.0. The smallest absolute Gasteiger partial charge is 0.170 e. The largest absolute Gasteiger partial charge is 0.393 e. The van der Waals surface area contributed by atoms with Gasteiger partial charge in [-0.25, -0.2) is 0 Å². The van der Waals surface area contributed by atoms with Crippen molar-refractivity contribution in [1.29, 1.82) is 0 Å². The monoisotopic (exact) mass is 580 g/mol. The second-order valence-electron chi connectivity index (χ2n) is 15.1. The van der Waals surface area contributed by atoms with Gasteiger partial charge in [0.15, 0.2) is 6.29 Å². The minimum absolute atomic E-state index is 0.00908. The lowest BCUT2D eigenvalue weighted by molar-refractivity contribution is -0.235. The van der Waals surface area contributed by atoms with Crippen LogP contribution in [0.4, 0.5) is 0 Å². The Morgan fingerprint density at radius 1 is 1.02 bits per heavy atom. The Morgan fingerprint density at radius 2 is 1.76 bits per heavy atom. The normalized spacial score (nSPS) is 49.4. The molecule has 1 N–H and O–H groups in total.